The van der Waals surface area contributed by atoms with Crippen LogP contribution in [0.3, 0.4) is 0 Å². The normalized spacial score (nSPS) is 19.3. The molecule has 4 aromatic heterocycles. The zero-order chi connectivity index (χ0) is 27.1. The summed E-state index contributed by atoms with van der Waals surface area (Å²) in [6.07, 6.45) is 8.26. The van der Waals surface area contributed by atoms with Gasteiger partial charge in [-0.3, -0.25) is 9.88 Å². The molecule has 3 aliphatic heterocycles. The van der Waals surface area contributed by atoms with Gasteiger partial charge in [-0.25, -0.2) is 19.3 Å². The van der Waals surface area contributed by atoms with Crippen molar-refractivity contribution >= 4 is 17.4 Å². The minimum absolute atomic E-state index is 0.411. The molecule has 1 amide bonds. The number of methoxy groups -OCH3 is 1. The van der Waals surface area contributed by atoms with Gasteiger partial charge in [0.15, 0.2) is 0 Å². The molecule has 3 atom stereocenters. The summed E-state index contributed by atoms with van der Waals surface area (Å²) in [5.41, 5.74) is 9.32. The Labute approximate surface area is 224 Å². The van der Waals surface area contributed by atoms with E-state index < -0.39 is 12.2 Å². The summed E-state index contributed by atoms with van der Waals surface area (Å²) in [5, 5.41) is 13.9. The molecule has 7 heterocycles. The first-order valence-electron chi connectivity index (χ1n) is 12.6. The molecule has 3 aliphatic rings. The van der Waals surface area contributed by atoms with Crippen LogP contribution in [0.15, 0.2) is 49.2 Å². The van der Waals surface area contributed by atoms with Crippen LogP contribution in [-0.4, -0.2) is 67.8 Å². The number of fused-ring (bicyclic) bond motifs is 3. The summed E-state index contributed by atoms with van der Waals surface area (Å²) in [6.45, 7) is 4.32. The molecule has 3 saturated heterocycles. The summed E-state index contributed by atoms with van der Waals surface area (Å²) in [5.74, 6) is 1.43. The highest BCUT2D eigenvalue weighted by atomic mass is 16.6. The van der Waals surface area contributed by atoms with Crippen molar-refractivity contribution in [2.75, 3.05) is 25.1 Å². The molecule has 198 valence electrons. The Hall–Kier alpha value is -4.76. The van der Waals surface area contributed by atoms with Gasteiger partial charge in [0.1, 0.15) is 18.0 Å². The smallest absolute Gasteiger partial charge is 0.405 e. The number of hydrogen-bond acceptors (Lipinski definition) is 10. The molecule has 3 unspecified atom stereocenters. The van der Waals surface area contributed by atoms with E-state index in [0.29, 0.717) is 45.9 Å². The maximum Gasteiger partial charge on any atom is 0.405 e. The minimum Gasteiger partial charge on any atom is -0.481 e. The molecule has 0 aromatic carbocycles. The Morgan fingerprint density at radius 3 is 2.64 bits per heavy atom. The molecule has 2 bridgehead atoms. The number of ether oxygens (including phenoxy) is 2. The van der Waals surface area contributed by atoms with Crippen LogP contribution < -0.4 is 15.4 Å². The number of nitriles is 1. The summed E-state index contributed by atoms with van der Waals surface area (Å²) in [7, 11) is 1.62. The lowest BCUT2D eigenvalue weighted by Gasteiger charge is -2.56. The maximum atomic E-state index is 11.3. The predicted molar refractivity (Wildman–Crippen MR) is 141 cm³/mol. The first kappa shape index (κ1) is 24.6. The van der Waals surface area contributed by atoms with Crippen LogP contribution in [-0.2, 0) is 11.3 Å². The second-order valence-electron chi connectivity index (χ2n) is 9.82. The van der Waals surface area contributed by atoms with Crippen LogP contribution in [0.25, 0.3) is 16.8 Å². The van der Waals surface area contributed by atoms with Crippen molar-refractivity contribution in [1.82, 2.24) is 29.5 Å². The zero-order valence-electron chi connectivity index (χ0n) is 21.6. The average molecular weight is 526 g/mol. The third kappa shape index (κ3) is 4.57. The quantitative estimate of drug-likeness (QED) is 0.382. The second kappa shape index (κ2) is 9.85. The number of nitrogens with two attached hydrogens (primary N) is 1. The molecule has 7 rings (SSSR count). The van der Waals surface area contributed by atoms with Gasteiger partial charge in [-0.15, -0.1) is 0 Å². The lowest BCUT2D eigenvalue weighted by Crippen LogP contribution is -2.68. The van der Waals surface area contributed by atoms with Gasteiger partial charge in [0.25, 0.3) is 0 Å². The van der Waals surface area contributed by atoms with Gasteiger partial charge in [0, 0.05) is 61.3 Å². The van der Waals surface area contributed by atoms with Crippen molar-refractivity contribution in [3.05, 3.63) is 65.9 Å². The summed E-state index contributed by atoms with van der Waals surface area (Å²) < 4.78 is 11.9. The Balaban J connectivity index is 1.21. The Bertz CT molecular complexity index is 1550. The Kier molecular flexibility index (Phi) is 6.20. The van der Waals surface area contributed by atoms with Gasteiger partial charge in [0.2, 0.25) is 5.88 Å². The summed E-state index contributed by atoms with van der Waals surface area (Å²) >= 11 is 0. The molecular weight excluding hydrogens is 498 g/mol. The van der Waals surface area contributed by atoms with Crippen molar-refractivity contribution in [1.29, 1.82) is 5.26 Å². The van der Waals surface area contributed by atoms with E-state index in [1.54, 1.807) is 37.1 Å². The van der Waals surface area contributed by atoms with Gasteiger partial charge in [0.05, 0.1) is 42.5 Å². The van der Waals surface area contributed by atoms with Gasteiger partial charge >= 0.3 is 6.09 Å². The summed E-state index contributed by atoms with van der Waals surface area (Å²) in [6, 6.07) is 8.86. The fourth-order valence-corrected chi connectivity index (χ4v) is 5.48. The third-order valence-electron chi connectivity index (χ3n) is 7.47. The molecule has 2 N–H and O–H groups in total. The van der Waals surface area contributed by atoms with E-state index in [1.165, 1.54) is 18.2 Å². The largest absolute Gasteiger partial charge is 0.481 e. The van der Waals surface area contributed by atoms with Crippen LogP contribution in [0.1, 0.15) is 36.1 Å². The van der Waals surface area contributed by atoms with E-state index in [0.717, 1.165) is 25.5 Å². The monoisotopic (exact) mass is 525 g/mol. The highest BCUT2D eigenvalue weighted by Gasteiger charge is 2.44. The average Bonchev–Trinajstić information content (AvgIpc) is 3.39. The number of piperidine rings is 1. The highest BCUT2D eigenvalue weighted by molar-refractivity contribution is 5.83. The molecule has 3 fully saturated rings. The number of amides is 1. The van der Waals surface area contributed by atoms with Crippen LogP contribution in [0, 0.1) is 11.3 Å². The van der Waals surface area contributed by atoms with Gasteiger partial charge < -0.3 is 20.1 Å². The Morgan fingerprint density at radius 2 is 2.00 bits per heavy atom. The van der Waals surface area contributed by atoms with Gasteiger partial charge in [-0.2, -0.15) is 10.4 Å². The molecular formula is C27H27N9O3. The second-order valence-corrected chi connectivity index (χ2v) is 9.82. The van der Waals surface area contributed by atoms with Crippen LogP contribution in [0.4, 0.5) is 10.6 Å². The topological polar surface area (TPSA) is 148 Å². The first-order valence-corrected chi connectivity index (χ1v) is 12.6. The van der Waals surface area contributed by atoms with Crippen molar-refractivity contribution in [2.45, 2.75) is 38.1 Å². The number of piperazine rings is 1. The number of primary amides is 1. The van der Waals surface area contributed by atoms with Crippen LogP contribution in [0.5, 0.6) is 5.88 Å². The highest BCUT2D eigenvalue weighted by Crippen LogP contribution is 2.36. The fraction of sp³-hybridized carbons (Fsp3) is 0.333. The Morgan fingerprint density at radius 1 is 1.18 bits per heavy atom. The number of hydrogen-bond donors (Lipinski definition) is 1. The van der Waals surface area contributed by atoms with Crippen molar-refractivity contribution < 1.29 is 14.3 Å². The van der Waals surface area contributed by atoms with E-state index >= 15 is 0 Å². The van der Waals surface area contributed by atoms with E-state index in [4.69, 9.17) is 25.2 Å². The fourth-order valence-electron chi connectivity index (χ4n) is 5.48. The number of aromatic nitrogens is 5. The molecule has 12 nitrogen and oxygen atoms in total. The molecule has 0 radical (unpaired) electrons. The molecule has 0 saturated carbocycles. The number of nitrogens with zero attached hydrogens (tertiary/aromatic N) is 8. The minimum atomic E-state index is -0.870. The molecule has 39 heavy (non-hydrogen) atoms. The number of carbonyl (C=O) groups excluding carboxylic acids is 1. The number of rotatable bonds is 7. The first-order chi connectivity index (χ1) is 18.9. The standard InChI is InChI=1S/C27H27N9O3/c1-16(39-27(29)37)18-5-22(26-19(7-28)9-33-36(26)13-18)23-10-31-24(11-30-23)34-14-20-6-21(15-34)35(20)12-17-3-4-25(38-2)32-8-17/h3-5,8-11,13,16,20-21H,6,12,14-15H2,1-2H3,(H2,29,37). The van der Waals surface area contributed by atoms with E-state index in [-0.39, 0.29) is 0 Å². The van der Waals surface area contributed by atoms with Crippen LogP contribution >= 0.6 is 0 Å². The van der Waals surface area contributed by atoms with E-state index in [2.05, 4.69) is 32.0 Å². The molecule has 12 heteroatoms. The predicted octanol–water partition coefficient (Wildman–Crippen LogP) is 2.69. The summed E-state index contributed by atoms with van der Waals surface area (Å²) in [4.78, 5) is 29.9. The number of pyridine rings is 2. The van der Waals surface area contributed by atoms with Crippen molar-refractivity contribution in [2.24, 2.45) is 5.73 Å². The lowest BCUT2D eigenvalue weighted by molar-refractivity contribution is -0.00879. The number of carbonyl (C=O) groups is 1. The third-order valence-corrected chi connectivity index (χ3v) is 7.47. The van der Waals surface area contributed by atoms with Gasteiger partial charge in [-0.05, 0) is 25.0 Å². The van der Waals surface area contributed by atoms with Crippen molar-refractivity contribution in [3.63, 3.8) is 0 Å². The molecule has 0 aliphatic carbocycles. The zero-order valence-corrected chi connectivity index (χ0v) is 21.6. The van der Waals surface area contributed by atoms with E-state index in [1.807, 2.05) is 18.3 Å². The maximum absolute atomic E-state index is 11.3. The van der Waals surface area contributed by atoms with E-state index in [9.17, 15) is 10.1 Å². The molecule has 4 aromatic rings. The SMILES string of the molecule is COc1ccc(CN2C3CC2CN(c2cnc(-c4cc(C(C)OC(N)=O)cn5ncc(C#N)c45)cn2)C3)cn1. The van der Waals surface area contributed by atoms with Crippen LogP contribution in [0.2, 0.25) is 0 Å². The number of anilines is 1. The molecule has 0 spiro atoms. The lowest BCUT2D eigenvalue weighted by atomic mass is 9.87. The van der Waals surface area contributed by atoms with Gasteiger partial charge in [-0.1, -0.05) is 6.07 Å². The van der Waals surface area contributed by atoms with Crippen molar-refractivity contribution in [3.8, 4) is 23.2 Å².